The minimum Gasteiger partial charge on any atom is -0.353 e. The molecule has 0 bridgehead atoms. The molecule has 2 atom stereocenters. The van der Waals surface area contributed by atoms with E-state index in [1.54, 1.807) is 6.92 Å². The van der Waals surface area contributed by atoms with Gasteiger partial charge in [-0.15, -0.1) is 0 Å². The van der Waals surface area contributed by atoms with Crippen molar-refractivity contribution in [3.8, 4) is 0 Å². The van der Waals surface area contributed by atoms with Crippen molar-refractivity contribution in [2.45, 2.75) is 59.0 Å². The van der Waals surface area contributed by atoms with Crippen LogP contribution in [0.1, 0.15) is 47.5 Å². The van der Waals surface area contributed by atoms with Crippen LogP contribution in [-0.2, 0) is 4.79 Å². The molecule has 2 unspecified atom stereocenters. The summed E-state index contributed by atoms with van der Waals surface area (Å²) in [6.45, 7) is 12.9. The molecule has 0 spiro atoms. The topological polar surface area (TPSA) is 58.4 Å². The van der Waals surface area contributed by atoms with E-state index in [1.807, 2.05) is 6.92 Å². The first kappa shape index (κ1) is 16.4. The summed E-state index contributed by atoms with van der Waals surface area (Å²) in [6, 6.07) is 0.353. The largest absolute Gasteiger partial charge is 0.353 e. The second-order valence-electron chi connectivity index (χ2n) is 4.95. The Bertz CT molecular complexity index is 225. The number of nitrogens with zero attached hydrogens (tertiary/aromatic N) is 1. The molecule has 0 aliphatic heterocycles. The molecule has 0 aliphatic carbocycles. The summed E-state index contributed by atoms with van der Waals surface area (Å²) < 4.78 is 0. The molecule has 4 heteroatoms. The smallest absolute Gasteiger partial charge is 0.239 e. The van der Waals surface area contributed by atoms with E-state index in [1.165, 1.54) is 0 Å². The van der Waals surface area contributed by atoms with Crippen LogP contribution in [0.3, 0.4) is 0 Å². The normalized spacial score (nSPS) is 16.6. The third-order valence-electron chi connectivity index (χ3n) is 3.28. The van der Waals surface area contributed by atoms with Gasteiger partial charge in [-0.2, -0.15) is 0 Å². The number of nitrogens with two attached hydrogens (primary N) is 1. The number of hydrogen-bond acceptors (Lipinski definition) is 3. The monoisotopic (exact) mass is 243 g/mol. The highest BCUT2D eigenvalue weighted by atomic mass is 16.2. The number of amides is 1. The van der Waals surface area contributed by atoms with Crippen molar-refractivity contribution < 1.29 is 4.79 Å². The third kappa shape index (κ3) is 5.50. The highest BCUT2D eigenvalue weighted by molar-refractivity contribution is 5.85. The first-order valence-corrected chi connectivity index (χ1v) is 6.70. The Kier molecular flexibility index (Phi) is 7.39. The molecule has 4 nitrogen and oxygen atoms in total. The maximum atomic E-state index is 11.9. The highest BCUT2D eigenvalue weighted by Gasteiger charge is 2.27. The standard InChI is InChI=1S/C13H29N3O/c1-6-9-13(5,14)12(17)15-10-11(4)16(7-2)8-3/h11H,6-10,14H2,1-5H3,(H,15,17). The molecule has 0 rings (SSSR count). The van der Waals surface area contributed by atoms with Crippen LogP contribution in [0, 0.1) is 0 Å². The van der Waals surface area contributed by atoms with Gasteiger partial charge in [0, 0.05) is 12.6 Å². The summed E-state index contributed by atoms with van der Waals surface area (Å²) in [4.78, 5) is 14.2. The van der Waals surface area contributed by atoms with E-state index in [2.05, 4.69) is 31.0 Å². The molecule has 17 heavy (non-hydrogen) atoms. The van der Waals surface area contributed by atoms with Crippen molar-refractivity contribution in [2.75, 3.05) is 19.6 Å². The van der Waals surface area contributed by atoms with Gasteiger partial charge in [-0.25, -0.2) is 0 Å². The van der Waals surface area contributed by atoms with Gasteiger partial charge in [-0.05, 0) is 33.4 Å². The summed E-state index contributed by atoms with van der Waals surface area (Å²) in [5.41, 5.74) is 5.23. The zero-order chi connectivity index (χ0) is 13.5. The molecular weight excluding hydrogens is 214 g/mol. The van der Waals surface area contributed by atoms with Crippen molar-refractivity contribution in [1.82, 2.24) is 10.2 Å². The first-order valence-electron chi connectivity index (χ1n) is 6.70. The van der Waals surface area contributed by atoms with Gasteiger partial charge in [0.05, 0.1) is 5.54 Å². The van der Waals surface area contributed by atoms with Gasteiger partial charge in [0.15, 0.2) is 0 Å². The van der Waals surface area contributed by atoms with Crippen molar-refractivity contribution in [1.29, 1.82) is 0 Å². The van der Waals surface area contributed by atoms with E-state index < -0.39 is 5.54 Å². The van der Waals surface area contributed by atoms with Crippen molar-refractivity contribution >= 4 is 5.91 Å². The van der Waals surface area contributed by atoms with Crippen LogP contribution in [0.2, 0.25) is 0 Å². The molecule has 0 saturated carbocycles. The Morgan fingerprint density at radius 1 is 1.35 bits per heavy atom. The molecule has 0 aromatic heterocycles. The van der Waals surface area contributed by atoms with Gasteiger partial charge in [-0.1, -0.05) is 27.2 Å². The molecule has 0 radical (unpaired) electrons. The Morgan fingerprint density at radius 3 is 2.29 bits per heavy atom. The number of nitrogens with one attached hydrogen (secondary N) is 1. The van der Waals surface area contributed by atoms with E-state index in [-0.39, 0.29) is 5.91 Å². The Balaban J connectivity index is 4.15. The molecule has 0 saturated heterocycles. The maximum absolute atomic E-state index is 11.9. The third-order valence-corrected chi connectivity index (χ3v) is 3.28. The fourth-order valence-electron chi connectivity index (χ4n) is 2.05. The van der Waals surface area contributed by atoms with E-state index >= 15 is 0 Å². The number of hydrogen-bond donors (Lipinski definition) is 2. The number of carbonyl (C=O) groups is 1. The van der Waals surface area contributed by atoms with Crippen LogP contribution in [0.5, 0.6) is 0 Å². The molecule has 102 valence electrons. The molecule has 0 fully saturated rings. The zero-order valence-electron chi connectivity index (χ0n) is 12.0. The zero-order valence-corrected chi connectivity index (χ0v) is 12.0. The van der Waals surface area contributed by atoms with Gasteiger partial charge < -0.3 is 11.1 Å². The first-order chi connectivity index (χ1) is 7.88. The summed E-state index contributed by atoms with van der Waals surface area (Å²) in [5.74, 6) is -0.0432. The van der Waals surface area contributed by atoms with Gasteiger partial charge in [0.2, 0.25) is 5.91 Å². The molecule has 0 aliphatic rings. The predicted octanol–water partition coefficient (Wildman–Crippen LogP) is 1.35. The Morgan fingerprint density at radius 2 is 1.88 bits per heavy atom. The minimum atomic E-state index is -0.738. The summed E-state index contributed by atoms with van der Waals surface area (Å²) in [5, 5.41) is 2.95. The average Bonchev–Trinajstić information content (AvgIpc) is 2.27. The lowest BCUT2D eigenvalue weighted by Gasteiger charge is -2.29. The van der Waals surface area contributed by atoms with E-state index in [4.69, 9.17) is 5.73 Å². The summed E-state index contributed by atoms with van der Waals surface area (Å²) >= 11 is 0. The van der Waals surface area contributed by atoms with Crippen LogP contribution in [0.15, 0.2) is 0 Å². The van der Waals surface area contributed by atoms with Gasteiger partial charge >= 0.3 is 0 Å². The molecule has 0 heterocycles. The maximum Gasteiger partial charge on any atom is 0.239 e. The van der Waals surface area contributed by atoms with Crippen molar-refractivity contribution in [2.24, 2.45) is 5.73 Å². The second-order valence-corrected chi connectivity index (χ2v) is 4.95. The number of likely N-dealkylation sites (N-methyl/N-ethyl adjacent to an activating group) is 1. The van der Waals surface area contributed by atoms with Gasteiger partial charge in [-0.3, -0.25) is 9.69 Å². The quantitative estimate of drug-likeness (QED) is 0.676. The lowest BCUT2D eigenvalue weighted by Crippen LogP contribution is -2.54. The average molecular weight is 243 g/mol. The molecular formula is C13H29N3O. The summed E-state index contributed by atoms with van der Waals surface area (Å²) in [7, 11) is 0. The van der Waals surface area contributed by atoms with Crippen molar-refractivity contribution in [3.05, 3.63) is 0 Å². The fourth-order valence-corrected chi connectivity index (χ4v) is 2.05. The van der Waals surface area contributed by atoms with E-state index in [0.29, 0.717) is 12.6 Å². The van der Waals surface area contributed by atoms with Crippen LogP contribution < -0.4 is 11.1 Å². The molecule has 0 aromatic carbocycles. The lowest BCUT2D eigenvalue weighted by molar-refractivity contribution is -0.126. The van der Waals surface area contributed by atoms with Crippen LogP contribution >= 0.6 is 0 Å². The van der Waals surface area contributed by atoms with Crippen LogP contribution in [-0.4, -0.2) is 42.0 Å². The minimum absolute atomic E-state index is 0.0432. The van der Waals surface area contributed by atoms with E-state index in [0.717, 1.165) is 25.9 Å². The predicted molar refractivity (Wildman–Crippen MR) is 72.9 cm³/mol. The van der Waals surface area contributed by atoms with Crippen LogP contribution in [0.25, 0.3) is 0 Å². The van der Waals surface area contributed by atoms with E-state index in [9.17, 15) is 4.79 Å². The number of carbonyl (C=O) groups excluding carboxylic acids is 1. The second kappa shape index (κ2) is 7.67. The van der Waals surface area contributed by atoms with Crippen molar-refractivity contribution in [3.63, 3.8) is 0 Å². The molecule has 0 aromatic rings. The SMILES string of the molecule is CCCC(C)(N)C(=O)NCC(C)N(CC)CC. The molecule has 3 N–H and O–H groups in total. The Hall–Kier alpha value is -0.610. The van der Waals surface area contributed by atoms with Crippen LogP contribution in [0.4, 0.5) is 0 Å². The fraction of sp³-hybridized carbons (Fsp3) is 0.923. The summed E-state index contributed by atoms with van der Waals surface area (Å²) in [6.07, 6.45) is 1.64. The molecule has 1 amide bonds. The highest BCUT2D eigenvalue weighted by Crippen LogP contribution is 2.08. The van der Waals surface area contributed by atoms with Gasteiger partial charge in [0.25, 0.3) is 0 Å². The Labute approximate surface area is 106 Å². The number of rotatable bonds is 8. The lowest BCUT2D eigenvalue weighted by atomic mass is 9.96. The van der Waals surface area contributed by atoms with Gasteiger partial charge in [0.1, 0.15) is 0 Å².